The van der Waals surface area contributed by atoms with Crippen LogP contribution in [-0.2, 0) is 28.0 Å². The van der Waals surface area contributed by atoms with Gasteiger partial charge in [0, 0.05) is 51.3 Å². The van der Waals surface area contributed by atoms with E-state index in [4.69, 9.17) is 19.8 Å². The number of aryl methyl sites for hydroxylation is 1. The van der Waals surface area contributed by atoms with Crippen LogP contribution >= 0.6 is 0 Å². The van der Waals surface area contributed by atoms with Crippen LogP contribution in [-0.4, -0.2) is 74.5 Å². The topological polar surface area (TPSA) is 133 Å². The van der Waals surface area contributed by atoms with Gasteiger partial charge in [-0.2, -0.15) is 26.3 Å². The standard InChI is InChI=1S/C19H22N4O2.2C2HF3O2/c1-21-12-16(3-4-17(21)24)23-14-19(18(23)25)7-2-10-22(13-19)11-15-5-8-20-9-6-15;2*3-2(4,5)1(6)7/h3-6,8-9,12H,2,7,10-11,13-14H2,1H3;2*(H,6,7). The van der Waals surface area contributed by atoms with Gasteiger partial charge in [-0.1, -0.05) is 0 Å². The van der Waals surface area contributed by atoms with Crippen LogP contribution in [0.4, 0.5) is 32.0 Å². The molecular formula is C23H24F6N4O6. The first-order valence-electron chi connectivity index (χ1n) is 11.2. The molecule has 0 aromatic carbocycles. The van der Waals surface area contributed by atoms with Gasteiger partial charge in [-0.15, -0.1) is 0 Å². The predicted molar refractivity (Wildman–Crippen MR) is 123 cm³/mol. The fourth-order valence-electron chi connectivity index (χ4n) is 4.00. The van der Waals surface area contributed by atoms with Crippen LogP contribution in [0.15, 0.2) is 47.7 Å². The summed E-state index contributed by atoms with van der Waals surface area (Å²) in [6.45, 7) is 3.42. The quantitative estimate of drug-likeness (QED) is 0.428. The molecule has 2 fully saturated rings. The van der Waals surface area contributed by atoms with Crippen LogP contribution in [0.5, 0.6) is 0 Å². The summed E-state index contributed by atoms with van der Waals surface area (Å²) in [5.74, 6) is -5.33. The van der Waals surface area contributed by atoms with Crippen molar-refractivity contribution in [2.45, 2.75) is 31.7 Å². The summed E-state index contributed by atoms with van der Waals surface area (Å²) >= 11 is 0. The summed E-state index contributed by atoms with van der Waals surface area (Å²) in [5, 5.41) is 14.2. The monoisotopic (exact) mass is 566 g/mol. The maximum absolute atomic E-state index is 12.9. The van der Waals surface area contributed by atoms with Gasteiger partial charge in [0.05, 0.1) is 11.1 Å². The van der Waals surface area contributed by atoms with E-state index in [-0.39, 0.29) is 16.9 Å². The normalized spacial score (nSPS) is 19.3. The van der Waals surface area contributed by atoms with Crippen molar-refractivity contribution < 1.29 is 50.9 Å². The fraction of sp³-hybridized carbons (Fsp3) is 0.435. The van der Waals surface area contributed by atoms with E-state index in [1.165, 1.54) is 16.2 Å². The number of nitrogens with zero attached hydrogens (tertiary/aromatic N) is 4. The van der Waals surface area contributed by atoms with E-state index in [2.05, 4.69) is 9.88 Å². The molecule has 0 saturated carbocycles. The Morgan fingerprint density at radius 1 is 0.949 bits per heavy atom. The molecule has 0 radical (unpaired) electrons. The minimum Gasteiger partial charge on any atom is -0.475 e. The van der Waals surface area contributed by atoms with E-state index in [1.807, 2.05) is 24.5 Å². The van der Waals surface area contributed by atoms with Crippen molar-refractivity contribution in [3.8, 4) is 0 Å². The second kappa shape index (κ2) is 12.3. The molecule has 2 aromatic heterocycles. The number of carboxylic acids is 2. The molecule has 1 spiro atoms. The molecule has 1 unspecified atom stereocenters. The van der Waals surface area contributed by atoms with Crippen LogP contribution in [0.1, 0.15) is 18.4 Å². The zero-order chi connectivity index (χ0) is 29.6. The number of aromatic nitrogens is 2. The van der Waals surface area contributed by atoms with E-state index >= 15 is 0 Å². The van der Waals surface area contributed by atoms with E-state index in [0.29, 0.717) is 0 Å². The van der Waals surface area contributed by atoms with Crippen molar-refractivity contribution in [3.63, 3.8) is 0 Å². The molecule has 214 valence electrons. The van der Waals surface area contributed by atoms with E-state index in [0.717, 1.165) is 44.7 Å². The maximum Gasteiger partial charge on any atom is 0.490 e. The Hall–Kier alpha value is -3.95. The number of carbonyl (C=O) groups excluding carboxylic acids is 1. The molecule has 2 aliphatic heterocycles. The molecule has 2 aliphatic rings. The summed E-state index contributed by atoms with van der Waals surface area (Å²) in [5.41, 5.74) is 1.71. The highest BCUT2D eigenvalue weighted by atomic mass is 19.4. The third kappa shape index (κ3) is 8.53. The van der Waals surface area contributed by atoms with Gasteiger partial charge < -0.3 is 19.7 Å². The second-order valence-electron chi connectivity index (χ2n) is 8.78. The molecule has 1 atom stereocenters. The number of hydrogen-bond donors (Lipinski definition) is 2. The minimum atomic E-state index is -5.08. The summed E-state index contributed by atoms with van der Waals surface area (Å²) < 4.78 is 65.0. The van der Waals surface area contributed by atoms with E-state index in [9.17, 15) is 35.9 Å². The number of pyridine rings is 2. The van der Waals surface area contributed by atoms with E-state index in [1.54, 1.807) is 24.2 Å². The van der Waals surface area contributed by atoms with Crippen molar-refractivity contribution in [2.24, 2.45) is 12.5 Å². The number of rotatable bonds is 3. The highest BCUT2D eigenvalue weighted by molar-refractivity contribution is 6.04. The maximum atomic E-state index is 12.9. The molecule has 39 heavy (non-hydrogen) atoms. The lowest BCUT2D eigenvalue weighted by molar-refractivity contribution is -0.193. The Labute approximate surface area is 217 Å². The number of carbonyl (C=O) groups is 3. The Balaban J connectivity index is 0.000000317. The van der Waals surface area contributed by atoms with Gasteiger partial charge in [0.25, 0.3) is 0 Å². The van der Waals surface area contributed by atoms with Crippen LogP contribution in [0.2, 0.25) is 0 Å². The highest BCUT2D eigenvalue weighted by Gasteiger charge is 2.54. The summed E-state index contributed by atoms with van der Waals surface area (Å²) in [4.78, 5) is 50.5. The van der Waals surface area contributed by atoms with Crippen LogP contribution < -0.4 is 10.5 Å². The number of amides is 1. The van der Waals surface area contributed by atoms with Gasteiger partial charge in [-0.3, -0.25) is 19.5 Å². The summed E-state index contributed by atoms with van der Waals surface area (Å²) in [6.07, 6.45) is -2.82. The molecule has 2 aromatic rings. The molecule has 1 amide bonds. The Morgan fingerprint density at radius 3 is 1.95 bits per heavy atom. The SMILES string of the molecule is Cn1cc(N2CC3(CCCN(Cc4ccncc4)C3)C2=O)ccc1=O.O=C(O)C(F)(F)F.O=C(O)C(F)(F)F. The number of anilines is 1. The zero-order valence-corrected chi connectivity index (χ0v) is 20.4. The summed E-state index contributed by atoms with van der Waals surface area (Å²) in [6, 6.07) is 7.32. The lowest BCUT2D eigenvalue weighted by atomic mass is 9.72. The number of piperidine rings is 1. The van der Waals surface area contributed by atoms with Gasteiger partial charge in [0.15, 0.2) is 0 Å². The van der Waals surface area contributed by atoms with Crippen molar-refractivity contribution in [3.05, 3.63) is 58.8 Å². The molecule has 0 bridgehead atoms. The average molecular weight is 566 g/mol. The Bertz CT molecular complexity index is 1210. The molecule has 16 heteroatoms. The van der Waals surface area contributed by atoms with Crippen molar-refractivity contribution in [2.75, 3.05) is 24.5 Å². The van der Waals surface area contributed by atoms with Gasteiger partial charge in [-0.05, 0) is 43.1 Å². The second-order valence-corrected chi connectivity index (χ2v) is 8.78. The number of carboxylic acid groups (broad SMARTS) is 2. The minimum absolute atomic E-state index is 0.0624. The van der Waals surface area contributed by atoms with Gasteiger partial charge in [0.2, 0.25) is 11.5 Å². The Kier molecular flexibility index (Phi) is 9.84. The number of alkyl halides is 6. The van der Waals surface area contributed by atoms with Crippen LogP contribution in [0.25, 0.3) is 0 Å². The first kappa shape index (κ1) is 31.3. The highest BCUT2D eigenvalue weighted by Crippen LogP contribution is 2.42. The Morgan fingerprint density at radius 2 is 1.49 bits per heavy atom. The lowest BCUT2D eigenvalue weighted by Crippen LogP contribution is -2.67. The largest absolute Gasteiger partial charge is 0.490 e. The molecule has 0 aliphatic carbocycles. The number of likely N-dealkylation sites (tertiary alicyclic amines) is 1. The first-order valence-corrected chi connectivity index (χ1v) is 11.2. The molecule has 4 heterocycles. The lowest BCUT2D eigenvalue weighted by Gasteiger charge is -2.53. The number of aliphatic carboxylic acids is 2. The molecule has 4 rings (SSSR count). The van der Waals surface area contributed by atoms with Gasteiger partial charge in [-0.25, -0.2) is 9.59 Å². The van der Waals surface area contributed by atoms with Crippen molar-refractivity contribution in [1.29, 1.82) is 0 Å². The molecular weight excluding hydrogens is 542 g/mol. The molecule has 2 saturated heterocycles. The fourth-order valence-corrected chi connectivity index (χ4v) is 4.00. The summed E-state index contributed by atoms with van der Waals surface area (Å²) in [7, 11) is 1.71. The van der Waals surface area contributed by atoms with Crippen LogP contribution in [0.3, 0.4) is 0 Å². The van der Waals surface area contributed by atoms with Crippen molar-refractivity contribution >= 4 is 23.5 Å². The molecule has 10 nitrogen and oxygen atoms in total. The van der Waals surface area contributed by atoms with Crippen molar-refractivity contribution in [1.82, 2.24) is 14.5 Å². The van der Waals surface area contributed by atoms with E-state index < -0.39 is 24.3 Å². The number of β-lactam (4-membered cyclic amide) rings is 1. The average Bonchev–Trinajstić information content (AvgIpc) is 2.85. The number of hydrogen-bond acceptors (Lipinski definition) is 6. The smallest absolute Gasteiger partial charge is 0.475 e. The first-order chi connectivity index (χ1) is 18.0. The van der Waals surface area contributed by atoms with Gasteiger partial charge in [0.1, 0.15) is 0 Å². The zero-order valence-electron chi connectivity index (χ0n) is 20.4. The predicted octanol–water partition coefficient (Wildman–Crippen LogP) is 2.68. The molecule has 2 N–H and O–H groups in total. The third-order valence-corrected chi connectivity index (χ3v) is 5.84. The number of halogens is 6. The van der Waals surface area contributed by atoms with Gasteiger partial charge >= 0.3 is 24.3 Å². The third-order valence-electron chi connectivity index (χ3n) is 5.84. The van der Waals surface area contributed by atoms with Crippen LogP contribution in [0, 0.1) is 5.41 Å².